The second kappa shape index (κ2) is 10.3. The van der Waals surface area contributed by atoms with Gasteiger partial charge >= 0.3 is 0 Å². The Morgan fingerprint density at radius 3 is 2.24 bits per heavy atom. The first-order valence-electron chi connectivity index (χ1n) is 10.9. The van der Waals surface area contributed by atoms with E-state index in [1.165, 1.54) is 11.3 Å². The van der Waals surface area contributed by atoms with Crippen molar-refractivity contribution in [3.05, 3.63) is 118 Å². The summed E-state index contributed by atoms with van der Waals surface area (Å²) in [4.78, 5) is 16.1. The zero-order valence-corrected chi connectivity index (χ0v) is 19.8. The average molecular weight is 454 g/mol. The summed E-state index contributed by atoms with van der Waals surface area (Å²) in [7, 11) is 1.67. The molecule has 33 heavy (non-hydrogen) atoms. The lowest BCUT2D eigenvalue weighted by Crippen LogP contribution is -2.31. The van der Waals surface area contributed by atoms with Gasteiger partial charge in [-0.25, -0.2) is 0 Å². The van der Waals surface area contributed by atoms with Crippen LogP contribution in [0.2, 0.25) is 0 Å². The molecule has 0 spiro atoms. The average Bonchev–Trinajstić information content (AvgIpc) is 3.30. The number of carbonyl (C=O) groups excluding carboxylic acids is 1. The van der Waals surface area contributed by atoms with E-state index in [1.807, 2.05) is 73.0 Å². The van der Waals surface area contributed by atoms with E-state index in [4.69, 9.17) is 4.74 Å². The molecule has 0 aliphatic rings. The highest BCUT2D eigenvalue weighted by molar-refractivity contribution is 7.12. The van der Waals surface area contributed by atoms with Crippen molar-refractivity contribution in [2.45, 2.75) is 13.3 Å². The van der Waals surface area contributed by atoms with Crippen molar-refractivity contribution in [3.8, 4) is 16.9 Å². The smallest absolute Gasteiger partial charge is 0.268 e. The number of rotatable bonds is 8. The number of para-hydroxylation sites is 1. The molecule has 0 N–H and O–H groups in total. The van der Waals surface area contributed by atoms with Gasteiger partial charge in [-0.1, -0.05) is 79.4 Å². The number of aryl methyl sites for hydroxylation is 1. The summed E-state index contributed by atoms with van der Waals surface area (Å²) < 4.78 is 5.51. The van der Waals surface area contributed by atoms with E-state index in [1.54, 1.807) is 12.0 Å². The maximum Gasteiger partial charge on any atom is 0.268 e. The van der Waals surface area contributed by atoms with Crippen molar-refractivity contribution in [2.75, 3.05) is 13.7 Å². The lowest BCUT2D eigenvalue weighted by Gasteiger charge is -2.25. The molecule has 3 aromatic carbocycles. The summed E-state index contributed by atoms with van der Waals surface area (Å²) in [6, 6.07) is 28.4. The highest BCUT2D eigenvalue weighted by Gasteiger charge is 2.22. The number of hydrogen-bond acceptors (Lipinski definition) is 3. The van der Waals surface area contributed by atoms with Crippen LogP contribution in [0.3, 0.4) is 0 Å². The molecule has 1 amide bonds. The molecule has 3 nitrogen and oxygen atoms in total. The molecule has 0 saturated carbocycles. The molecule has 0 bridgehead atoms. The van der Waals surface area contributed by atoms with Gasteiger partial charge in [0.2, 0.25) is 0 Å². The molecule has 1 aromatic heterocycles. The number of benzene rings is 3. The number of hydrogen-bond donors (Lipinski definition) is 0. The molecule has 0 saturated heterocycles. The van der Waals surface area contributed by atoms with E-state index >= 15 is 0 Å². The monoisotopic (exact) mass is 453 g/mol. The summed E-state index contributed by atoms with van der Waals surface area (Å²) in [6.45, 7) is 6.80. The lowest BCUT2D eigenvalue weighted by atomic mass is 10.0. The van der Waals surface area contributed by atoms with Gasteiger partial charge in [0.05, 0.1) is 12.0 Å². The largest absolute Gasteiger partial charge is 0.496 e. The Labute approximate surface area is 199 Å². The number of carbonyl (C=O) groups is 1. The Kier molecular flexibility index (Phi) is 7.06. The highest BCUT2D eigenvalue weighted by Crippen LogP contribution is 2.28. The van der Waals surface area contributed by atoms with Crippen LogP contribution in [-0.4, -0.2) is 24.5 Å². The van der Waals surface area contributed by atoms with Gasteiger partial charge in [0.25, 0.3) is 5.91 Å². The van der Waals surface area contributed by atoms with Crippen molar-refractivity contribution in [1.82, 2.24) is 4.90 Å². The van der Waals surface area contributed by atoms with Crippen molar-refractivity contribution >= 4 is 22.9 Å². The molecule has 0 atom stereocenters. The first kappa shape index (κ1) is 22.6. The molecule has 4 aromatic rings. The molecule has 0 radical (unpaired) electrons. The third kappa shape index (κ3) is 5.07. The topological polar surface area (TPSA) is 29.5 Å². The van der Waals surface area contributed by atoms with Crippen LogP contribution in [0.25, 0.3) is 16.8 Å². The molecular weight excluding hydrogens is 426 g/mol. The van der Waals surface area contributed by atoms with E-state index in [9.17, 15) is 4.79 Å². The molecule has 0 aliphatic carbocycles. The first-order chi connectivity index (χ1) is 16.1. The molecule has 0 unspecified atom stereocenters. The van der Waals surface area contributed by atoms with Gasteiger partial charge in [-0.15, -0.1) is 11.3 Å². The zero-order valence-electron chi connectivity index (χ0n) is 19.0. The second-order valence-corrected chi connectivity index (χ2v) is 8.76. The molecule has 4 heteroatoms. The molecule has 166 valence electrons. The third-order valence-electron chi connectivity index (χ3n) is 5.75. The summed E-state index contributed by atoms with van der Waals surface area (Å²) in [5, 5.41) is 1.96. The van der Waals surface area contributed by atoms with Gasteiger partial charge in [-0.05, 0) is 58.7 Å². The minimum atomic E-state index is -0.0190. The van der Waals surface area contributed by atoms with Gasteiger partial charge in [-0.3, -0.25) is 4.79 Å². The van der Waals surface area contributed by atoms with E-state index in [2.05, 4.69) is 30.8 Å². The minimum absolute atomic E-state index is 0.0190. The van der Waals surface area contributed by atoms with Gasteiger partial charge in [0.1, 0.15) is 5.75 Å². The fourth-order valence-corrected chi connectivity index (χ4v) is 4.73. The van der Waals surface area contributed by atoms with Gasteiger partial charge < -0.3 is 9.64 Å². The molecule has 4 rings (SSSR count). The van der Waals surface area contributed by atoms with E-state index in [0.717, 1.165) is 38.4 Å². The van der Waals surface area contributed by atoms with E-state index in [0.29, 0.717) is 18.7 Å². The molecule has 0 aliphatic heterocycles. The number of nitrogens with zero attached hydrogens (tertiary/aromatic N) is 1. The van der Waals surface area contributed by atoms with Crippen molar-refractivity contribution in [1.29, 1.82) is 0 Å². The van der Waals surface area contributed by atoms with Crippen molar-refractivity contribution in [2.24, 2.45) is 0 Å². The minimum Gasteiger partial charge on any atom is -0.496 e. The Morgan fingerprint density at radius 2 is 1.58 bits per heavy atom. The summed E-state index contributed by atoms with van der Waals surface area (Å²) in [5.74, 6) is 0.810. The van der Waals surface area contributed by atoms with Crippen LogP contribution in [0, 0.1) is 6.92 Å². The van der Waals surface area contributed by atoms with Crippen LogP contribution in [0.1, 0.15) is 26.4 Å². The van der Waals surface area contributed by atoms with Crippen molar-refractivity contribution in [3.63, 3.8) is 0 Å². The fourth-order valence-electron chi connectivity index (χ4n) is 3.86. The highest BCUT2D eigenvalue weighted by atomic mass is 32.1. The maximum absolute atomic E-state index is 13.5. The zero-order chi connectivity index (χ0) is 23.2. The van der Waals surface area contributed by atoms with Crippen LogP contribution in [-0.2, 0) is 6.42 Å². The predicted octanol–water partition coefficient (Wildman–Crippen LogP) is 7.09. The Morgan fingerprint density at radius 1 is 0.909 bits per heavy atom. The standard InChI is InChI=1S/C29H27NO2S/c1-21-18-20-33-28(21)29(31)30(19-17-26-11-7-8-12-27(26)32-3)22(2)23-13-15-25(16-14-23)24-9-5-4-6-10-24/h4-16,18,20H,2,17,19H2,1,3H3. The predicted molar refractivity (Wildman–Crippen MR) is 138 cm³/mol. The maximum atomic E-state index is 13.5. The normalized spacial score (nSPS) is 10.6. The van der Waals surface area contributed by atoms with Crippen LogP contribution < -0.4 is 4.74 Å². The third-order valence-corrected chi connectivity index (χ3v) is 6.75. The van der Waals surface area contributed by atoms with Crippen LogP contribution in [0.4, 0.5) is 0 Å². The number of thiophene rings is 1. The summed E-state index contributed by atoms with van der Waals surface area (Å²) >= 11 is 1.47. The SMILES string of the molecule is C=C(c1ccc(-c2ccccc2)cc1)N(CCc1ccccc1OC)C(=O)c1sccc1C. The van der Waals surface area contributed by atoms with Gasteiger partial charge in [0.15, 0.2) is 0 Å². The quantitative estimate of drug-likeness (QED) is 0.285. The molecular formula is C29H27NO2S. The number of amides is 1. The molecule has 1 heterocycles. The second-order valence-electron chi connectivity index (χ2n) is 7.84. The van der Waals surface area contributed by atoms with Gasteiger partial charge in [0, 0.05) is 12.2 Å². The number of methoxy groups -OCH3 is 1. The van der Waals surface area contributed by atoms with Gasteiger partial charge in [-0.2, -0.15) is 0 Å². The summed E-state index contributed by atoms with van der Waals surface area (Å²) in [6.07, 6.45) is 0.668. The van der Waals surface area contributed by atoms with Crippen LogP contribution >= 0.6 is 11.3 Å². The number of ether oxygens (including phenoxy) is 1. The molecule has 0 fully saturated rings. The Hall–Kier alpha value is -3.63. The van der Waals surface area contributed by atoms with Crippen molar-refractivity contribution < 1.29 is 9.53 Å². The Bertz CT molecular complexity index is 1240. The fraction of sp³-hybridized carbons (Fsp3) is 0.138. The summed E-state index contributed by atoms with van der Waals surface area (Å²) in [5.41, 5.74) is 5.97. The first-order valence-corrected chi connectivity index (χ1v) is 11.8. The Balaban J connectivity index is 1.61. The van der Waals surface area contributed by atoms with Crippen LogP contribution in [0.5, 0.6) is 5.75 Å². The van der Waals surface area contributed by atoms with E-state index < -0.39 is 0 Å². The lowest BCUT2D eigenvalue weighted by molar-refractivity contribution is 0.0840. The van der Waals surface area contributed by atoms with E-state index in [-0.39, 0.29) is 5.91 Å². The van der Waals surface area contributed by atoms with Crippen LogP contribution in [0.15, 0.2) is 96.9 Å².